The summed E-state index contributed by atoms with van der Waals surface area (Å²) >= 11 is 0. The van der Waals surface area contributed by atoms with Gasteiger partial charge in [0, 0.05) is 12.8 Å². The number of phosphoric ester groups is 1. The number of quaternary nitrogens is 1. The van der Waals surface area contributed by atoms with E-state index in [1.165, 1.54) is 89.9 Å². The largest absolute Gasteiger partial charge is 0.472 e. The smallest absolute Gasteiger partial charge is 0.329 e. The zero-order valence-corrected chi connectivity index (χ0v) is 25.5. The molecule has 0 spiro atoms. The lowest BCUT2D eigenvalue weighted by Gasteiger charge is -2.24. The van der Waals surface area contributed by atoms with Crippen molar-refractivity contribution in [3.05, 3.63) is 0 Å². The zero-order valence-electron chi connectivity index (χ0n) is 24.6. The van der Waals surface area contributed by atoms with E-state index in [9.17, 15) is 14.3 Å². The summed E-state index contributed by atoms with van der Waals surface area (Å²) in [5.74, 6) is 0.158. The number of carbonyl (C=O) groups excluding carboxylic acids is 1. The van der Waals surface area contributed by atoms with E-state index in [0.717, 1.165) is 19.3 Å². The van der Waals surface area contributed by atoms with Crippen molar-refractivity contribution in [1.82, 2.24) is 0 Å². The Balaban J connectivity index is 3.88. The minimum atomic E-state index is -4.08. The molecule has 0 saturated carbocycles. The number of phosphoric acid groups is 1. The standard InChI is InChI=1S/C29H60NO5P/c1-6-8-9-10-11-12-13-14-15-16-17-18-19-20-21-22-23-28(26-29(31)7-2)27-35-36(32,33)34-25-24-30(3,4)5/h28H,6-27H2,1-5H3/p+1. The highest BCUT2D eigenvalue weighted by Gasteiger charge is 2.25. The van der Waals surface area contributed by atoms with Crippen LogP contribution in [0.4, 0.5) is 0 Å². The van der Waals surface area contributed by atoms with E-state index >= 15 is 0 Å². The number of ketones is 1. The number of hydrogen-bond donors (Lipinski definition) is 1. The van der Waals surface area contributed by atoms with Gasteiger partial charge in [-0.2, -0.15) is 0 Å². The van der Waals surface area contributed by atoms with Gasteiger partial charge in [0.2, 0.25) is 0 Å². The van der Waals surface area contributed by atoms with Gasteiger partial charge in [-0.3, -0.25) is 13.8 Å². The first-order chi connectivity index (χ1) is 17.1. The molecule has 0 aromatic rings. The van der Waals surface area contributed by atoms with E-state index in [2.05, 4.69) is 6.92 Å². The van der Waals surface area contributed by atoms with Crippen LogP contribution in [0.3, 0.4) is 0 Å². The van der Waals surface area contributed by atoms with Crippen molar-refractivity contribution >= 4 is 13.6 Å². The van der Waals surface area contributed by atoms with Gasteiger partial charge < -0.3 is 9.38 Å². The van der Waals surface area contributed by atoms with Crippen LogP contribution < -0.4 is 0 Å². The van der Waals surface area contributed by atoms with Gasteiger partial charge in [-0.25, -0.2) is 4.57 Å². The summed E-state index contributed by atoms with van der Waals surface area (Å²) in [7, 11) is 1.91. The van der Waals surface area contributed by atoms with Gasteiger partial charge in [0.1, 0.15) is 18.9 Å². The summed E-state index contributed by atoms with van der Waals surface area (Å²) in [6.45, 7) is 5.01. The predicted molar refractivity (Wildman–Crippen MR) is 152 cm³/mol. The van der Waals surface area contributed by atoms with Gasteiger partial charge in [-0.15, -0.1) is 0 Å². The van der Waals surface area contributed by atoms with Crippen LogP contribution in [0.25, 0.3) is 0 Å². The van der Waals surface area contributed by atoms with Crippen LogP contribution in [-0.4, -0.2) is 56.1 Å². The number of unbranched alkanes of at least 4 members (excludes halogenated alkanes) is 15. The highest BCUT2D eigenvalue weighted by atomic mass is 31.2. The van der Waals surface area contributed by atoms with Crippen molar-refractivity contribution in [2.24, 2.45) is 5.92 Å². The first-order valence-electron chi connectivity index (χ1n) is 15.0. The summed E-state index contributed by atoms with van der Waals surface area (Å²) in [6, 6.07) is 0. The molecule has 216 valence electrons. The van der Waals surface area contributed by atoms with Gasteiger partial charge in [0.25, 0.3) is 0 Å². The van der Waals surface area contributed by atoms with Crippen LogP contribution in [0.1, 0.15) is 136 Å². The highest BCUT2D eigenvalue weighted by Crippen LogP contribution is 2.44. The average molecular weight is 535 g/mol. The Kier molecular flexibility index (Phi) is 22.5. The molecule has 0 aromatic carbocycles. The summed E-state index contributed by atoms with van der Waals surface area (Å²) < 4.78 is 23.2. The molecule has 0 rings (SSSR count). The second-order valence-corrected chi connectivity index (χ2v) is 13.1. The SMILES string of the molecule is CCCCCCCCCCCCCCCCCCC(COP(=O)(O)OCC[N+](C)(C)C)CC(=O)CC. The molecule has 0 fully saturated rings. The van der Waals surface area contributed by atoms with Gasteiger partial charge in [-0.1, -0.05) is 117 Å². The van der Waals surface area contributed by atoms with Crippen LogP contribution >= 0.6 is 7.82 Å². The minimum absolute atomic E-state index is 0.0217. The fourth-order valence-corrected chi connectivity index (χ4v) is 5.14. The third-order valence-corrected chi connectivity index (χ3v) is 7.85. The van der Waals surface area contributed by atoms with E-state index in [1.807, 2.05) is 28.1 Å². The Morgan fingerprint density at radius 1 is 0.750 bits per heavy atom. The fourth-order valence-electron chi connectivity index (χ4n) is 4.36. The number of carbonyl (C=O) groups is 1. The van der Waals surface area contributed by atoms with Crippen LogP contribution in [0.15, 0.2) is 0 Å². The number of nitrogens with zero attached hydrogens (tertiary/aromatic N) is 1. The molecule has 0 radical (unpaired) electrons. The van der Waals surface area contributed by atoms with Crippen molar-refractivity contribution in [2.75, 3.05) is 40.9 Å². The molecular weight excluding hydrogens is 473 g/mol. The maximum atomic E-state index is 12.2. The van der Waals surface area contributed by atoms with Crippen molar-refractivity contribution in [3.63, 3.8) is 0 Å². The molecule has 0 bridgehead atoms. The molecule has 7 heteroatoms. The van der Waals surface area contributed by atoms with E-state index in [-0.39, 0.29) is 24.9 Å². The quantitative estimate of drug-likeness (QED) is 0.0650. The Labute approximate surface area is 224 Å². The van der Waals surface area contributed by atoms with Gasteiger partial charge in [-0.05, 0) is 12.3 Å². The van der Waals surface area contributed by atoms with Crippen LogP contribution in [0, 0.1) is 5.92 Å². The second-order valence-electron chi connectivity index (χ2n) is 11.7. The van der Waals surface area contributed by atoms with Crippen molar-refractivity contribution < 1.29 is 27.8 Å². The Morgan fingerprint density at radius 2 is 1.19 bits per heavy atom. The van der Waals surface area contributed by atoms with Crippen LogP contribution in [0.5, 0.6) is 0 Å². The van der Waals surface area contributed by atoms with Crippen LogP contribution in [-0.2, 0) is 18.4 Å². The molecule has 2 unspecified atom stereocenters. The number of hydrogen-bond acceptors (Lipinski definition) is 4. The number of likely N-dealkylation sites (N-methyl/N-ethyl adjacent to an activating group) is 1. The molecule has 0 aliphatic heterocycles. The molecule has 0 aromatic heterocycles. The maximum Gasteiger partial charge on any atom is 0.472 e. The lowest BCUT2D eigenvalue weighted by atomic mass is 9.95. The molecule has 36 heavy (non-hydrogen) atoms. The normalized spacial score (nSPS) is 14.6. The van der Waals surface area contributed by atoms with Gasteiger partial charge in [0.05, 0.1) is 27.7 Å². The molecule has 0 heterocycles. The number of Topliss-reactive ketones (excluding diaryl/α,β-unsaturated/α-hetero) is 1. The molecular formula is C29H61NO5P+. The first-order valence-corrected chi connectivity index (χ1v) is 16.5. The lowest BCUT2D eigenvalue weighted by Crippen LogP contribution is -2.37. The third kappa shape index (κ3) is 25.4. The monoisotopic (exact) mass is 534 g/mol. The summed E-state index contributed by atoms with van der Waals surface area (Å²) in [4.78, 5) is 22.0. The van der Waals surface area contributed by atoms with Crippen molar-refractivity contribution in [3.8, 4) is 0 Å². The van der Waals surface area contributed by atoms with E-state index in [4.69, 9.17) is 9.05 Å². The summed E-state index contributed by atoms with van der Waals surface area (Å²) in [5, 5.41) is 0. The molecule has 0 saturated heterocycles. The molecule has 0 aliphatic rings. The van der Waals surface area contributed by atoms with E-state index in [1.54, 1.807) is 0 Å². The van der Waals surface area contributed by atoms with Gasteiger partial charge >= 0.3 is 7.82 Å². The Bertz CT molecular complexity index is 564. The Morgan fingerprint density at radius 3 is 1.61 bits per heavy atom. The molecule has 6 nitrogen and oxygen atoms in total. The third-order valence-electron chi connectivity index (χ3n) is 6.87. The molecule has 1 N–H and O–H groups in total. The maximum absolute atomic E-state index is 12.2. The highest BCUT2D eigenvalue weighted by molar-refractivity contribution is 7.47. The molecule has 0 amide bonds. The zero-order chi connectivity index (χ0) is 27.1. The lowest BCUT2D eigenvalue weighted by molar-refractivity contribution is -0.870. The fraction of sp³-hybridized carbons (Fsp3) is 0.966. The summed E-state index contributed by atoms with van der Waals surface area (Å²) in [5.41, 5.74) is 0. The summed E-state index contributed by atoms with van der Waals surface area (Å²) in [6.07, 6.45) is 23.0. The topological polar surface area (TPSA) is 72.8 Å². The molecule has 0 aliphatic carbocycles. The van der Waals surface area contributed by atoms with E-state index < -0.39 is 7.82 Å². The number of rotatable bonds is 27. The minimum Gasteiger partial charge on any atom is -0.329 e. The van der Waals surface area contributed by atoms with Crippen LogP contribution in [0.2, 0.25) is 0 Å². The molecule has 2 atom stereocenters. The van der Waals surface area contributed by atoms with Crippen molar-refractivity contribution in [2.45, 2.75) is 136 Å². The van der Waals surface area contributed by atoms with E-state index in [0.29, 0.717) is 23.9 Å². The second kappa shape index (κ2) is 22.7. The Hall–Kier alpha value is -0.260. The van der Waals surface area contributed by atoms with Crippen molar-refractivity contribution in [1.29, 1.82) is 0 Å². The predicted octanol–water partition coefficient (Wildman–Crippen LogP) is 8.46. The first kappa shape index (κ1) is 35.7. The average Bonchev–Trinajstić information content (AvgIpc) is 2.81. The van der Waals surface area contributed by atoms with Gasteiger partial charge in [0.15, 0.2) is 0 Å².